The summed E-state index contributed by atoms with van der Waals surface area (Å²) in [6.07, 6.45) is 11.3. The van der Waals surface area contributed by atoms with Gasteiger partial charge in [-0.25, -0.2) is 24.5 Å². The Morgan fingerprint density at radius 2 is 1.22 bits per heavy atom. The average molecular weight is 841 g/mol. The van der Waals surface area contributed by atoms with Gasteiger partial charge in [0.1, 0.15) is 40.8 Å². The van der Waals surface area contributed by atoms with E-state index in [4.69, 9.17) is 15.2 Å². The van der Waals surface area contributed by atoms with Crippen LogP contribution in [0.1, 0.15) is 39.7 Å². The second-order valence-electron chi connectivity index (χ2n) is 11.7. The molecule has 0 fully saturated rings. The van der Waals surface area contributed by atoms with Gasteiger partial charge in [0, 0.05) is 54.9 Å². The number of thiazole rings is 2. The number of benzene rings is 2. The van der Waals surface area contributed by atoms with E-state index in [0.29, 0.717) is 36.6 Å². The Bertz CT molecular complexity index is 2460. The Hall–Kier alpha value is -7.37. The lowest BCUT2D eigenvalue weighted by Crippen LogP contribution is -2.32. The van der Waals surface area contributed by atoms with E-state index in [-0.39, 0.29) is 19.5 Å². The maximum Gasteiger partial charge on any atom is 0.333 e. The molecule has 0 bridgehead atoms. The van der Waals surface area contributed by atoms with Gasteiger partial charge in [-0.15, -0.1) is 0 Å². The minimum absolute atomic E-state index is 0. The van der Waals surface area contributed by atoms with Gasteiger partial charge in [0.05, 0.1) is 17.9 Å². The van der Waals surface area contributed by atoms with Gasteiger partial charge in [0.2, 0.25) is 0 Å². The highest BCUT2D eigenvalue weighted by Crippen LogP contribution is 2.23. The van der Waals surface area contributed by atoms with Gasteiger partial charge >= 0.3 is 12.1 Å². The van der Waals surface area contributed by atoms with Crippen LogP contribution in [0.25, 0.3) is 0 Å². The number of carbonyl (C=O) groups is 2. The maximum absolute atomic E-state index is 12.0. The van der Waals surface area contributed by atoms with Crippen molar-refractivity contribution in [3.63, 3.8) is 0 Å². The molecule has 0 atom stereocenters. The van der Waals surface area contributed by atoms with Crippen LogP contribution in [-0.4, -0.2) is 67.9 Å². The number of aryl methyl sites for hydroxylation is 2. The SMILES string of the molecule is C.Cc1nc(NC(=O)NCCOc2ccccc2)sc1C#Cc1cccnc1.Cc1nc(NC(=O)n2ccnc2)sc1C#Cc1cccnc1.NCCOc1ccccc1. The van der Waals surface area contributed by atoms with E-state index >= 15 is 0 Å². The lowest BCUT2D eigenvalue weighted by molar-refractivity contribution is 0.247. The third kappa shape index (κ3) is 15.9. The van der Waals surface area contributed by atoms with Gasteiger partial charge in [-0.1, -0.05) is 78.3 Å². The number of amides is 3. The molecule has 0 radical (unpaired) electrons. The van der Waals surface area contributed by atoms with Gasteiger partial charge in [-0.3, -0.25) is 25.2 Å². The number of nitrogens with zero attached hydrogens (tertiary/aromatic N) is 6. The van der Waals surface area contributed by atoms with Gasteiger partial charge in [-0.2, -0.15) is 0 Å². The second kappa shape index (κ2) is 25.1. The summed E-state index contributed by atoms with van der Waals surface area (Å²) < 4.78 is 12.1. The second-order valence-corrected chi connectivity index (χ2v) is 13.7. The fraction of sp³-hybridized carbons (Fsp3) is 0.159. The highest BCUT2D eigenvalue weighted by atomic mass is 32.1. The van der Waals surface area contributed by atoms with Crippen molar-refractivity contribution in [2.24, 2.45) is 5.73 Å². The molecule has 0 spiro atoms. The number of carbonyl (C=O) groups excluding carboxylic acids is 2. The molecule has 0 aliphatic rings. The van der Waals surface area contributed by atoms with Crippen molar-refractivity contribution in [1.29, 1.82) is 0 Å². The largest absolute Gasteiger partial charge is 0.492 e. The number of nitrogens with two attached hydrogens (primary N) is 1. The van der Waals surface area contributed by atoms with Gasteiger partial charge < -0.3 is 20.5 Å². The van der Waals surface area contributed by atoms with Crippen LogP contribution in [0.2, 0.25) is 0 Å². The molecule has 0 aliphatic carbocycles. The molecule has 14 nitrogen and oxygen atoms in total. The topological polar surface area (TPSA) is 184 Å². The van der Waals surface area contributed by atoms with Crippen LogP contribution in [-0.2, 0) is 0 Å². The van der Waals surface area contributed by atoms with Crippen LogP contribution >= 0.6 is 22.7 Å². The van der Waals surface area contributed by atoms with Crippen LogP contribution in [0.3, 0.4) is 0 Å². The molecule has 0 saturated carbocycles. The number of hydrogen-bond donors (Lipinski definition) is 4. The number of rotatable bonds is 9. The van der Waals surface area contributed by atoms with E-state index < -0.39 is 0 Å². The van der Waals surface area contributed by atoms with Gasteiger partial charge in [0.25, 0.3) is 0 Å². The summed E-state index contributed by atoms with van der Waals surface area (Å²) in [6.45, 7) is 5.64. The number of pyridine rings is 2. The Morgan fingerprint density at radius 3 is 1.70 bits per heavy atom. The summed E-state index contributed by atoms with van der Waals surface area (Å²) in [5, 5.41) is 9.18. The van der Waals surface area contributed by atoms with Crippen molar-refractivity contribution < 1.29 is 19.1 Å². The first-order valence-electron chi connectivity index (χ1n) is 18.0. The first-order valence-corrected chi connectivity index (χ1v) is 19.7. The van der Waals surface area contributed by atoms with E-state index in [2.05, 4.69) is 64.6 Å². The Kier molecular flexibility index (Phi) is 19.0. The summed E-state index contributed by atoms with van der Waals surface area (Å²) in [6, 6.07) is 25.9. The normalized spacial score (nSPS) is 9.58. The smallest absolute Gasteiger partial charge is 0.333 e. The lowest BCUT2D eigenvalue weighted by Gasteiger charge is -2.07. The molecule has 5 heterocycles. The molecule has 2 aromatic carbocycles. The van der Waals surface area contributed by atoms with Gasteiger partial charge in [0.15, 0.2) is 10.3 Å². The Labute approximate surface area is 357 Å². The fourth-order valence-corrected chi connectivity index (χ4v) is 6.11. The van der Waals surface area contributed by atoms with E-state index in [0.717, 1.165) is 43.8 Å². The zero-order valence-corrected chi connectivity index (χ0v) is 33.8. The number of nitrogens with one attached hydrogen (secondary N) is 3. The predicted octanol–water partition coefficient (Wildman–Crippen LogP) is 7.63. The van der Waals surface area contributed by atoms with Crippen LogP contribution in [0.15, 0.2) is 128 Å². The van der Waals surface area contributed by atoms with Crippen molar-refractivity contribution in [2.75, 3.05) is 36.9 Å². The van der Waals surface area contributed by atoms with Crippen molar-refractivity contribution in [3.05, 3.63) is 161 Å². The molecule has 5 N–H and O–H groups in total. The molecule has 5 aromatic heterocycles. The third-order valence-electron chi connectivity index (χ3n) is 7.26. The maximum atomic E-state index is 12.0. The standard InChI is InChI=1S/C20H18N4O2S.C15H11N5OS.C8H11NO.CH4/c1-15-18(10-9-16-6-5-11-21-14-16)27-20(23-15)24-19(25)22-12-13-26-17-7-3-2-4-8-17;1-11-13(5-4-12-3-2-6-16-9-12)22-14(18-11)19-15(21)20-8-7-17-10-20;9-6-7-10-8-4-2-1-3-5-8;/h2-8,11,14H,12-13H2,1H3,(H2,22,23,24,25);2-3,6-10H,1H3,(H,18,19,21);1-5H,6-7,9H2;1H4. The first-order chi connectivity index (χ1) is 28.9. The lowest BCUT2D eigenvalue weighted by atomic mass is 10.3. The monoisotopic (exact) mass is 840 g/mol. The molecule has 0 unspecified atom stereocenters. The molecule has 16 heteroatoms. The minimum Gasteiger partial charge on any atom is -0.492 e. The molecule has 7 aromatic rings. The fourth-order valence-electron chi connectivity index (χ4n) is 4.48. The van der Waals surface area contributed by atoms with Crippen molar-refractivity contribution >= 4 is 45.0 Å². The van der Waals surface area contributed by atoms with E-state index in [1.54, 1.807) is 31.0 Å². The summed E-state index contributed by atoms with van der Waals surface area (Å²) in [7, 11) is 0. The number of hydrogen-bond acceptors (Lipinski definition) is 12. The minimum atomic E-state index is -0.327. The first kappa shape index (κ1) is 45.3. The van der Waals surface area contributed by atoms with Gasteiger partial charge in [-0.05, 0) is 74.2 Å². The zero-order chi connectivity index (χ0) is 41.5. The van der Waals surface area contributed by atoms with Crippen LogP contribution in [0, 0.1) is 37.5 Å². The van der Waals surface area contributed by atoms with E-state index in [9.17, 15) is 9.59 Å². The molecular weight excluding hydrogens is 797 g/mol. The summed E-state index contributed by atoms with van der Waals surface area (Å²) in [5.74, 6) is 13.8. The van der Waals surface area contributed by atoms with E-state index in [1.807, 2.05) is 98.8 Å². The number of ether oxygens (including phenoxy) is 2. The number of imidazole rings is 1. The third-order valence-corrected chi connectivity index (χ3v) is 9.24. The summed E-state index contributed by atoms with van der Waals surface area (Å²) in [4.78, 5) is 46.0. The predicted molar refractivity (Wildman–Crippen MR) is 237 cm³/mol. The molecule has 306 valence electrons. The number of urea groups is 1. The van der Waals surface area contributed by atoms with Crippen molar-refractivity contribution in [1.82, 2.24) is 34.8 Å². The van der Waals surface area contributed by atoms with Crippen molar-refractivity contribution in [3.8, 4) is 35.2 Å². The molecule has 0 aliphatic heterocycles. The average Bonchev–Trinajstić information content (AvgIpc) is 4.02. The molecule has 3 amide bonds. The number of anilines is 2. The summed E-state index contributed by atoms with van der Waals surface area (Å²) in [5.41, 5.74) is 8.47. The zero-order valence-electron chi connectivity index (χ0n) is 32.2. The van der Waals surface area contributed by atoms with E-state index in [1.165, 1.54) is 39.8 Å². The summed E-state index contributed by atoms with van der Waals surface area (Å²) >= 11 is 2.67. The number of para-hydroxylation sites is 2. The van der Waals surface area contributed by atoms with Crippen molar-refractivity contribution in [2.45, 2.75) is 21.3 Å². The molecule has 7 rings (SSSR count). The van der Waals surface area contributed by atoms with Crippen LogP contribution in [0.4, 0.5) is 19.9 Å². The highest BCUT2D eigenvalue weighted by Gasteiger charge is 2.11. The van der Waals surface area contributed by atoms with Crippen LogP contribution < -0.4 is 31.2 Å². The Balaban J connectivity index is 0.000000216. The highest BCUT2D eigenvalue weighted by molar-refractivity contribution is 7.16. The molecular formula is C44H44N10O4S2. The van der Waals surface area contributed by atoms with Crippen LogP contribution in [0.5, 0.6) is 11.5 Å². The Morgan fingerprint density at radius 1 is 0.683 bits per heavy atom. The number of aromatic nitrogens is 6. The quantitative estimate of drug-likeness (QED) is 0.0833. The molecule has 60 heavy (non-hydrogen) atoms. The molecule has 0 saturated heterocycles.